The molecule has 4 aromatic rings. The molecule has 0 aromatic heterocycles. The van der Waals surface area contributed by atoms with Crippen LogP contribution in [0.2, 0.25) is 0 Å². The number of carbonyl (C=O) groups is 2. The van der Waals surface area contributed by atoms with Crippen molar-refractivity contribution in [3.8, 4) is 11.5 Å². The van der Waals surface area contributed by atoms with Gasteiger partial charge in [-0.15, -0.1) is 0 Å². The van der Waals surface area contributed by atoms with Crippen LogP contribution in [-0.2, 0) is 0 Å². The molecule has 160 valence electrons. The van der Waals surface area contributed by atoms with Gasteiger partial charge >= 0.3 is 0 Å². The van der Waals surface area contributed by atoms with Gasteiger partial charge in [0.05, 0.1) is 14.2 Å². The van der Waals surface area contributed by atoms with Crippen LogP contribution in [0.25, 0.3) is 10.8 Å². The van der Waals surface area contributed by atoms with Crippen molar-refractivity contribution in [2.75, 3.05) is 24.9 Å². The molecule has 4 rings (SSSR count). The number of fused-ring (bicyclic) bond motifs is 1. The molecule has 32 heavy (non-hydrogen) atoms. The molecule has 0 aliphatic heterocycles. The van der Waals surface area contributed by atoms with Gasteiger partial charge in [-0.05, 0) is 60.7 Å². The van der Waals surface area contributed by atoms with Gasteiger partial charge in [0, 0.05) is 33.3 Å². The number of anilines is 2. The average Bonchev–Trinajstić information content (AvgIpc) is 2.84. The summed E-state index contributed by atoms with van der Waals surface area (Å²) in [6.45, 7) is 0. The van der Waals surface area contributed by atoms with Gasteiger partial charge in [-0.25, -0.2) is 0 Å². The van der Waals surface area contributed by atoms with Crippen LogP contribution in [0.15, 0.2) is 84.9 Å². The van der Waals surface area contributed by atoms with Gasteiger partial charge in [-0.2, -0.15) is 0 Å². The molecular formula is C26H22N2O4. The number of hydrogen-bond acceptors (Lipinski definition) is 4. The van der Waals surface area contributed by atoms with Gasteiger partial charge in [0.15, 0.2) is 0 Å². The van der Waals surface area contributed by atoms with Gasteiger partial charge in [0.1, 0.15) is 11.5 Å². The molecule has 0 atom stereocenters. The van der Waals surface area contributed by atoms with Gasteiger partial charge in [0.25, 0.3) is 11.8 Å². The van der Waals surface area contributed by atoms with Crippen molar-refractivity contribution in [3.05, 3.63) is 96.1 Å². The lowest BCUT2D eigenvalue weighted by molar-refractivity contribution is 0.101. The van der Waals surface area contributed by atoms with E-state index in [0.29, 0.717) is 34.0 Å². The molecule has 0 bridgehead atoms. The first-order valence-corrected chi connectivity index (χ1v) is 10.0. The SMILES string of the molecule is COc1ccc(C(=O)Nc2cccc3c(NC(=O)c4ccc(OC)cc4)cccc23)cc1. The molecule has 0 fully saturated rings. The first kappa shape index (κ1) is 20.9. The summed E-state index contributed by atoms with van der Waals surface area (Å²) in [5.74, 6) is 0.911. The molecule has 6 nitrogen and oxygen atoms in total. The molecule has 0 saturated heterocycles. The number of hydrogen-bond donors (Lipinski definition) is 2. The molecule has 2 amide bonds. The molecule has 0 saturated carbocycles. The van der Waals surface area contributed by atoms with Gasteiger partial charge in [0.2, 0.25) is 0 Å². The third-order valence-corrected chi connectivity index (χ3v) is 5.12. The maximum Gasteiger partial charge on any atom is 0.255 e. The highest BCUT2D eigenvalue weighted by atomic mass is 16.5. The largest absolute Gasteiger partial charge is 0.497 e. The second-order valence-electron chi connectivity index (χ2n) is 7.07. The van der Waals surface area contributed by atoms with Crippen LogP contribution in [0.3, 0.4) is 0 Å². The van der Waals surface area contributed by atoms with E-state index in [4.69, 9.17) is 9.47 Å². The Bertz CT molecular complexity index is 1160. The normalized spacial score (nSPS) is 10.4. The predicted octanol–water partition coefficient (Wildman–Crippen LogP) is 5.36. The quantitative estimate of drug-likeness (QED) is 0.435. The highest BCUT2D eigenvalue weighted by Gasteiger charge is 2.12. The third-order valence-electron chi connectivity index (χ3n) is 5.12. The average molecular weight is 426 g/mol. The Labute approximate surface area is 185 Å². The topological polar surface area (TPSA) is 76.7 Å². The minimum Gasteiger partial charge on any atom is -0.497 e. The fourth-order valence-electron chi connectivity index (χ4n) is 3.40. The first-order valence-electron chi connectivity index (χ1n) is 10.0. The van der Waals surface area contributed by atoms with Crippen molar-refractivity contribution in [1.29, 1.82) is 0 Å². The standard InChI is InChI=1S/C26H22N2O4/c1-31-19-13-9-17(10-14-19)25(29)27-23-7-3-6-22-21(23)5-4-8-24(22)28-26(30)18-11-15-20(32-2)16-12-18/h3-16H,1-2H3,(H,27,29)(H,28,30). The third kappa shape index (κ3) is 4.39. The summed E-state index contributed by atoms with van der Waals surface area (Å²) in [5, 5.41) is 7.56. The van der Waals surface area contributed by atoms with Crippen molar-refractivity contribution in [1.82, 2.24) is 0 Å². The Morgan fingerprint density at radius 2 is 0.938 bits per heavy atom. The summed E-state index contributed by atoms with van der Waals surface area (Å²) in [7, 11) is 3.16. The zero-order valence-electron chi connectivity index (χ0n) is 17.7. The van der Waals surface area contributed by atoms with Crippen molar-refractivity contribution in [2.45, 2.75) is 0 Å². The molecule has 0 heterocycles. The van der Waals surface area contributed by atoms with E-state index in [9.17, 15) is 9.59 Å². The minimum atomic E-state index is -0.229. The van der Waals surface area contributed by atoms with Crippen molar-refractivity contribution in [3.63, 3.8) is 0 Å². The Kier molecular flexibility index (Phi) is 6.03. The zero-order chi connectivity index (χ0) is 22.5. The minimum absolute atomic E-state index is 0.229. The highest BCUT2D eigenvalue weighted by Crippen LogP contribution is 2.30. The van der Waals surface area contributed by atoms with Gasteiger partial charge < -0.3 is 20.1 Å². The summed E-state index contributed by atoms with van der Waals surface area (Å²) in [5.41, 5.74) is 2.35. The molecule has 4 aromatic carbocycles. The van der Waals surface area contributed by atoms with E-state index in [1.165, 1.54) is 0 Å². The summed E-state index contributed by atoms with van der Waals surface area (Å²) in [6.07, 6.45) is 0. The van der Waals surface area contributed by atoms with Crippen LogP contribution < -0.4 is 20.1 Å². The van der Waals surface area contributed by atoms with Crippen molar-refractivity contribution >= 4 is 34.0 Å². The van der Waals surface area contributed by atoms with Crippen LogP contribution in [0.4, 0.5) is 11.4 Å². The second kappa shape index (κ2) is 9.22. The first-order chi connectivity index (χ1) is 15.6. The summed E-state index contributed by atoms with van der Waals surface area (Å²) >= 11 is 0. The van der Waals surface area contributed by atoms with E-state index in [-0.39, 0.29) is 11.8 Å². The lowest BCUT2D eigenvalue weighted by atomic mass is 10.1. The molecule has 0 aliphatic carbocycles. The van der Waals surface area contributed by atoms with Gasteiger partial charge in [-0.1, -0.05) is 24.3 Å². The Morgan fingerprint density at radius 3 is 1.28 bits per heavy atom. The lowest BCUT2D eigenvalue weighted by Crippen LogP contribution is -2.13. The van der Waals surface area contributed by atoms with Crippen LogP contribution in [0.5, 0.6) is 11.5 Å². The number of amides is 2. The van der Waals surface area contributed by atoms with E-state index in [0.717, 1.165) is 10.8 Å². The van der Waals surface area contributed by atoms with Crippen molar-refractivity contribution < 1.29 is 19.1 Å². The molecule has 0 aliphatic rings. The van der Waals surface area contributed by atoms with E-state index in [2.05, 4.69) is 10.6 Å². The van der Waals surface area contributed by atoms with Crippen molar-refractivity contribution in [2.24, 2.45) is 0 Å². The predicted molar refractivity (Wildman–Crippen MR) is 126 cm³/mol. The summed E-state index contributed by atoms with van der Waals surface area (Å²) in [6, 6.07) is 25.0. The van der Waals surface area contributed by atoms with E-state index in [1.807, 2.05) is 36.4 Å². The summed E-state index contributed by atoms with van der Waals surface area (Å²) in [4.78, 5) is 25.5. The number of nitrogens with one attached hydrogen (secondary N) is 2. The summed E-state index contributed by atoms with van der Waals surface area (Å²) < 4.78 is 10.3. The van der Waals surface area contributed by atoms with Crippen LogP contribution in [0.1, 0.15) is 20.7 Å². The molecule has 2 N–H and O–H groups in total. The number of methoxy groups -OCH3 is 2. The number of benzene rings is 4. The maximum absolute atomic E-state index is 12.7. The van der Waals surface area contributed by atoms with E-state index in [1.54, 1.807) is 62.8 Å². The fraction of sp³-hybridized carbons (Fsp3) is 0.0769. The Morgan fingerprint density at radius 1 is 0.562 bits per heavy atom. The molecular weight excluding hydrogens is 404 g/mol. The van der Waals surface area contributed by atoms with Crippen LogP contribution >= 0.6 is 0 Å². The number of ether oxygens (including phenoxy) is 2. The van der Waals surface area contributed by atoms with Crippen LogP contribution in [-0.4, -0.2) is 26.0 Å². The highest BCUT2D eigenvalue weighted by molar-refractivity contribution is 6.14. The number of rotatable bonds is 6. The van der Waals surface area contributed by atoms with Gasteiger partial charge in [-0.3, -0.25) is 9.59 Å². The van der Waals surface area contributed by atoms with E-state index >= 15 is 0 Å². The Hall–Kier alpha value is -4.32. The zero-order valence-corrected chi connectivity index (χ0v) is 17.7. The maximum atomic E-state index is 12.7. The lowest BCUT2D eigenvalue weighted by Gasteiger charge is -2.13. The number of carbonyl (C=O) groups excluding carboxylic acids is 2. The smallest absolute Gasteiger partial charge is 0.255 e. The molecule has 6 heteroatoms. The molecule has 0 unspecified atom stereocenters. The van der Waals surface area contributed by atoms with Crippen LogP contribution in [0, 0.1) is 0 Å². The second-order valence-corrected chi connectivity index (χ2v) is 7.07. The fourth-order valence-corrected chi connectivity index (χ4v) is 3.40. The molecule has 0 spiro atoms. The Balaban J connectivity index is 1.59. The van der Waals surface area contributed by atoms with E-state index < -0.39 is 0 Å². The molecule has 0 radical (unpaired) electrons. The monoisotopic (exact) mass is 426 g/mol.